The lowest BCUT2D eigenvalue weighted by Gasteiger charge is -2.04. The fourth-order valence-electron chi connectivity index (χ4n) is 2.79. The van der Waals surface area contributed by atoms with Gasteiger partial charge in [0.05, 0.1) is 12.3 Å². The van der Waals surface area contributed by atoms with E-state index in [1.54, 1.807) is 4.68 Å². The smallest absolute Gasteiger partial charge is 0.210 e. The van der Waals surface area contributed by atoms with Crippen molar-refractivity contribution in [1.29, 1.82) is 0 Å². The largest absolute Gasteiger partial charge is 0.453 e. The van der Waals surface area contributed by atoms with Crippen molar-refractivity contribution in [2.24, 2.45) is 0 Å². The Morgan fingerprint density at radius 2 is 1.88 bits per heavy atom. The van der Waals surface area contributed by atoms with Crippen molar-refractivity contribution in [2.45, 2.75) is 18.6 Å². The number of para-hydroxylation sites is 1. The molecule has 0 aliphatic heterocycles. The number of aryl methyl sites for hydroxylation is 1. The quantitative estimate of drug-likeness (QED) is 0.383. The first-order valence-electron chi connectivity index (χ1n) is 8.16. The number of rotatable bonds is 6. The summed E-state index contributed by atoms with van der Waals surface area (Å²) in [6, 6.07) is 17.6. The average Bonchev–Trinajstić information content (AvgIpc) is 3.25. The van der Waals surface area contributed by atoms with Crippen LogP contribution in [0, 0.1) is 6.92 Å². The fourth-order valence-corrected chi connectivity index (χ4v) is 3.53. The number of aromatic nitrogens is 4. The zero-order valence-corrected chi connectivity index (χ0v) is 14.9. The minimum atomic E-state index is -0.0713. The number of thioether (sulfide) groups is 1. The molecule has 0 saturated heterocycles. The van der Waals surface area contributed by atoms with Crippen LogP contribution in [0.2, 0.25) is 0 Å². The summed E-state index contributed by atoms with van der Waals surface area (Å²) < 4.78 is 7.43. The lowest BCUT2D eigenvalue weighted by atomic mass is 10.1. The zero-order chi connectivity index (χ0) is 17.9. The van der Waals surface area contributed by atoms with Crippen LogP contribution in [0.4, 0.5) is 0 Å². The molecule has 4 rings (SSSR count). The van der Waals surface area contributed by atoms with Gasteiger partial charge in [-0.1, -0.05) is 60.3 Å². The third kappa shape index (κ3) is 3.25. The number of hydrogen-bond donors (Lipinski definition) is 0. The van der Waals surface area contributed by atoms with Gasteiger partial charge in [0.15, 0.2) is 5.76 Å². The van der Waals surface area contributed by atoms with E-state index in [1.807, 2.05) is 61.5 Å². The van der Waals surface area contributed by atoms with Crippen molar-refractivity contribution >= 4 is 28.5 Å². The van der Waals surface area contributed by atoms with E-state index < -0.39 is 0 Å². The Morgan fingerprint density at radius 1 is 1.12 bits per heavy atom. The third-order valence-electron chi connectivity index (χ3n) is 4.10. The van der Waals surface area contributed by atoms with Crippen LogP contribution in [0.5, 0.6) is 0 Å². The van der Waals surface area contributed by atoms with Gasteiger partial charge in [-0.15, -0.1) is 5.10 Å². The van der Waals surface area contributed by atoms with Crippen LogP contribution in [0.15, 0.2) is 64.2 Å². The maximum Gasteiger partial charge on any atom is 0.210 e. The minimum Gasteiger partial charge on any atom is -0.453 e. The molecule has 6 nitrogen and oxygen atoms in total. The van der Waals surface area contributed by atoms with Crippen molar-refractivity contribution in [2.75, 3.05) is 5.75 Å². The zero-order valence-electron chi connectivity index (χ0n) is 14.1. The molecule has 26 heavy (non-hydrogen) atoms. The Labute approximate surface area is 154 Å². The fraction of sp³-hybridized carbons (Fsp3) is 0.158. The number of ketones is 1. The van der Waals surface area contributed by atoms with Crippen molar-refractivity contribution in [3.8, 4) is 0 Å². The number of furan rings is 1. The molecule has 2 aromatic carbocycles. The van der Waals surface area contributed by atoms with E-state index in [1.165, 1.54) is 11.8 Å². The second-order valence-corrected chi connectivity index (χ2v) is 6.81. The van der Waals surface area contributed by atoms with Gasteiger partial charge in [0, 0.05) is 10.9 Å². The van der Waals surface area contributed by atoms with Gasteiger partial charge in [-0.05, 0) is 29.0 Å². The summed E-state index contributed by atoms with van der Waals surface area (Å²) >= 11 is 1.31. The molecule has 0 atom stereocenters. The highest BCUT2D eigenvalue weighted by molar-refractivity contribution is 7.99. The van der Waals surface area contributed by atoms with Crippen LogP contribution in [-0.2, 0) is 6.54 Å². The average molecular weight is 364 g/mol. The number of nitrogens with zero attached hydrogens (tertiary/aromatic N) is 4. The molecule has 0 radical (unpaired) electrons. The van der Waals surface area contributed by atoms with Crippen molar-refractivity contribution in [3.05, 3.63) is 71.5 Å². The molecule has 0 saturated carbocycles. The van der Waals surface area contributed by atoms with E-state index in [0.29, 0.717) is 17.5 Å². The van der Waals surface area contributed by atoms with Crippen molar-refractivity contribution in [1.82, 2.24) is 20.2 Å². The summed E-state index contributed by atoms with van der Waals surface area (Å²) in [6.45, 7) is 2.47. The summed E-state index contributed by atoms with van der Waals surface area (Å²) in [5.41, 5.74) is 2.70. The molecular weight excluding hydrogens is 348 g/mol. The number of carbonyl (C=O) groups is 1. The molecule has 2 heterocycles. The van der Waals surface area contributed by atoms with Crippen molar-refractivity contribution < 1.29 is 9.21 Å². The molecule has 0 unspecified atom stereocenters. The highest BCUT2D eigenvalue weighted by Crippen LogP contribution is 2.26. The maximum atomic E-state index is 12.6. The van der Waals surface area contributed by atoms with Gasteiger partial charge in [0.1, 0.15) is 5.58 Å². The summed E-state index contributed by atoms with van der Waals surface area (Å²) in [5.74, 6) is 0.550. The van der Waals surface area contributed by atoms with Crippen molar-refractivity contribution in [3.63, 3.8) is 0 Å². The Morgan fingerprint density at radius 3 is 2.69 bits per heavy atom. The Kier molecular flexibility index (Phi) is 4.53. The lowest BCUT2D eigenvalue weighted by molar-refractivity contribution is 0.0993. The molecule has 130 valence electrons. The summed E-state index contributed by atoms with van der Waals surface area (Å²) in [4.78, 5) is 12.6. The maximum absolute atomic E-state index is 12.6. The lowest BCUT2D eigenvalue weighted by Crippen LogP contribution is -2.07. The SMILES string of the molecule is Cc1c(C(=O)CSc2nnnn2Cc2ccccc2)oc2ccccc12. The second-order valence-electron chi connectivity index (χ2n) is 5.87. The highest BCUT2D eigenvalue weighted by Gasteiger charge is 2.19. The molecule has 0 aliphatic rings. The van der Waals surface area contributed by atoms with Gasteiger partial charge in [-0.2, -0.15) is 0 Å². The standard InChI is InChI=1S/C19H16N4O2S/c1-13-15-9-5-6-10-17(15)25-18(13)16(24)12-26-19-20-21-22-23(19)11-14-7-3-2-4-8-14/h2-10H,11-12H2,1H3. The van der Waals surface area contributed by atoms with E-state index in [2.05, 4.69) is 15.5 Å². The van der Waals surface area contributed by atoms with E-state index in [4.69, 9.17) is 4.42 Å². The number of tetrazole rings is 1. The minimum absolute atomic E-state index is 0.0713. The first-order chi connectivity index (χ1) is 12.7. The highest BCUT2D eigenvalue weighted by atomic mass is 32.2. The molecule has 0 N–H and O–H groups in total. The molecule has 0 aliphatic carbocycles. The Balaban J connectivity index is 1.48. The van der Waals surface area contributed by atoms with Gasteiger partial charge in [-0.3, -0.25) is 4.79 Å². The Hall–Kier alpha value is -2.93. The monoisotopic (exact) mass is 364 g/mol. The summed E-state index contributed by atoms with van der Waals surface area (Å²) in [6.07, 6.45) is 0. The topological polar surface area (TPSA) is 73.8 Å². The molecule has 0 bridgehead atoms. The van der Waals surface area contributed by atoms with E-state index in [9.17, 15) is 4.79 Å². The normalized spacial score (nSPS) is 11.1. The van der Waals surface area contributed by atoms with Crippen LogP contribution < -0.4 is 0 Å². The summed E-state index contributed by atoms with van der Waals surface area (Å²) in [7, 11) is 0. The van der Waals surface area contributed by atoms with Crippen LogP contribution >= 0.6 is 11.8 Å². The Bertz CT molecular complexity index is 1060. The van der Waals surface area contributed by atoms with E-state index >= 15 is 0 Å². The molecule has 0 amide bonds. The van der Waals surface area contributed by atoms with Crippen LogP contribution in [0.1, 0.15) is 21.7 Å². The van der Waals surface area contributed by atoms with Crippen LogP contribution in [0.25, 0.3) is 11.0 Å². The number of carbonyl (C=O) groups excluding carboxylic acids is 1. The first-order valence-corrected chi connectivity index (χ1v) is 9.15. The number of fused-ring (bicyclic) bond motifs is 1. The predicted molar refractivity (Wildman–Crippen MR) is 99.4 cm³/mol. The van der Waals surface area contributed by atoms with E-state index in [0.717, 1.165) is 22.1 Å². The second kappa shape index (κ2) is 7.13. The molecular formula is C19H16N4O2S. The summed E-state index contributed by atoms with van der Waals surface area (Å²) in [5, 5.41) is 13.3. The van der Waals surface area contributed by atoms with Gasteiger partial charge in [0.2, 0.25) is 10.9 Å². The molecule has 7 heteroatoms. The third-order valence-corrected chi connectivity index (χ3v) is 5.06. The van der Waals surface area contributed by atoms with Gasteiger partial charge >= 0.3 is 0 Å². The number of Topliss-reactive ketones (excluding diaryl/α,β-unsaturated/α-hetero) is 1. The number of hydrogen-bond acceptors (Lipinski definition) is 6. The van der Waals surface area contributed by atoms with Crippen LogP contribution in [-0.4, -0.2) is 31.7 Å². The molecule has 0 fully saturated rings. The first kappa shape index (κ1) is 16.5. The van der Waals surface area contributed by atoms with Gasteiger partial charge in [0.25, 0.3) is 0 Å². The van der Waals surface area contributed by atoms with Gasteiger partial charge in [-0.25, -0.2) is 4.68 Å². The predicted octanol–water partition coefficient (Wildman–Crippen LogP) is 3.75. The molecule has 4 aromatic rings. The van der Waals surface area contributed by atoms with E-state index in [-0.39, 0.29) is 11.5 Å². The molecule has 0 spiro atoms. The van der Waals surface area contributed by atoms with Crippen LogP contribution in [0.3, 0.4) is 0 Å². The number of benzene rings is 2. The molecule has 2 aromatic heterocycles. The van der Waals surface area contributed by atoms with Gasteiger partial charge < -0.3 is 4.42 Å².